The van der Waals surface area contributed by atoms with Gasteiger partial charge in [-0.2, -0.15) is 0 Å². The smallest absolute Gasteiger partial charge is 0.128 e. The summed E-state index contributed by atoms with van der Waals surface area (Å²) in [5.74, 6) is 0.611. The van der Waals surface area contributed by atoms with Gasteiger partial charge in [-0.25, -0.2) is 4.39 Å². The van der Waals surface area contributed by atoms with Crippen LogP contribution in [-0.4, -0.2) is 13.7 Å². The van der Waals surface area contributed by atoms with E-state index in [2.05, 4.69) is 5.32 Å². The summed E-state index contributed by atoms with van der Waals surface area (Å²) in [6.45, 7) is 2.52. The maximum atomic E-state index is 14.3. The monoisotopic (exact) mass is 305 g/mol. The molecule has 1 heterocycles. The summed E-state index contributed by atoms with van der Waals surface area (Å²) < 4.78 is 20.0. The largest absolute Gasteiger partial charge is 0.493 e. The summed E-state index contributed by atoms with van der Waals surface area (Å²) in [5.41, 5.74) is 3.48. The van der Waals surface area contributed by atoms with Crippen LogP contribution in [-0.2, 0) is 6.42 Å². The first kappa shape index (κ1) is 14.4. The molecule has 1 aliphatic rings. The Morgan fingerprint density at radius 1 is 1.24 bits per heavy atom. The minimum absolute atomic E-state index is 0.221. The number of benzene rings is 2. The molecule has 0 spiro atoms. The van der Waals surface area contributed by atoms with E-state index in [9.17, 15) is 4.39 Å². The van der Waals surface area contributed by atoms with E-state index in [1.807, 2.05) is 38.2 Å². The summed E-state index contributed by atoms with van der Waals surface area (Å²) in [4.78, 5) is 0. The van der Waals surface area contributed by atoms with Crippen LogP contribution in [0.5, 0.6) is 5.75 Å². The van der Waals surface area contributed by atoms with Crippen LogP contribution in [0.15, 0.2) is 30.3 Å². The molecule has 2 nitrogen and oxygen atoms in total. The molecule has 2 aromatic carbocycles. The van der Waals surface area contributed by atoms with Gasteiger partial charge in [-0.05, 0) is 43.3 Å². The van der Waals surface area contributed by atoms with Gasteiger partial charge < -0.3 is 10.1 Å². The Morgan fingerprint density at radius 2 is 2.05 bits per heavy atom. The van der Waals surface area contributed by atoms with Crippen LogP contribution in [0.3, 0.4) is 0 Å². The van der Waals surface area contributed by atoms with Crippen molar-refractivity contribution in [2.24, 2.45) is 0 Å². The van der Waals surface area contributed by atoms with Crippen molar-refractivity contribution in [3.63, 3.8) is 0 Å². The maximum Gasteiger partial charge on any atom is 0.128 e. The summed E-state index contributed by atoms with van der Waals surface area (Å²) in [5, 5.41) is 3.83. The topological polar surface area (TPSA) is 21.3 Å². The first-order chi connectivity index (χ1) is 10.1. The van der Waals surface area contributed by atoms with Gasteiger partial charge in [0.25, 0.3) is 0 Å². The summed E-state index contributed by atoms with van der Waals surface area (Å²) >= 11 is 6.20. The highest BCUT2D eigenvalue weighted by atomic mass is 35.5. The average Bonchev–Trinajstić information content (AvgIpc) is 2.89. The summed E-state index contributed by atoms with van der Waals surface area (Å²) in [7, 11) is 1.81. The molecule has 4 heteroatoms. The number of hydrogen-bond donors (Lipinski definition) is 1. The Kier molecular flexibility index (Phi) is 3.87. The van der Waals surface area contributed by atoms with Gasteiger partial charge in [0.05, 0.1) is 12.6 Å². The zero-order valence-corrected chi connectivity index (χ0v) is 12.8. The van der Waals surface area contributed by atoms with Gasteiger partial charge >= 0.3 is 0 Å². The van der Waals surface area contributed by atoms with Crippen LogP contribution in [0.1, 0.15) is 28.3 Å². The maximum absolute atomic E-state index is 14.3. The van der Waals surface area contributed by atoms with Crippen LogP contribution in [0.2, 0.25) is 5.02 Å². The van der Waals surface area contributed by atoms with E-state index in [4.69, 9.17) is 16.3 Å². The van der Waals surface area contributed by atoms with Crippen molar-refractivity contribution in [1.82, 2.24) is 5.32 Å². The molecule has 3 rings (SSSR count). The fourth-order valence-electron chi connectivity index (χ4n) is 2.86. The van der Waals surface area contributed by atoms with E-state index in [0.29, 0.717) is 17.2 Å². The molecule has 1 unspecified atom stereocenters. The fraction of sp³-hybridized carbons (Fsp3) is 0.294. The van der Waals surface area contributed by atoms with Gasteiger partial charge in [-0.1, -0.05) is 23.7 Å². The molecule has 1 aliphatic heterocycles. The lowest BCUT2D eigenvalue weighted by Gasteiger charge is -2.21. The Balaban J connectivity index is 2.13. The normalized spacial score (nSPS) is 14.7. The van der Waals surface area contributed by atoms with Crippen LogP contribution in [0, 0.1) is 12.7 Å². The first-order valence-corrected chi connectivity index (χ1v) is 7.36. The zero-order valence-electron chi connectivity index (χ0n) is 12.0. The number of hydrogen-bond acceptors (Lipinski definition) is 2. The van der Waals surface area contributed by atoms with E-state index in [-0.39, 0.29) is 11.9 Å². The third-order valence-corrected chi connectivity index (χ3v) is 4.06. The number of fused-ring (bicyclic) bond motifs is 1. The molecule has 0 bridgehead atoms. The van der Waals surface area contributed by atoms with E-state index in [1.54, 1.807) is 6.07 Å². The molecule has 2 aromatic rings. The number of nitrogens with one attached hydrogen (secondary N) is 1. The Hall–Kier alpha value is -1.58. The fourth-order valence-corrected chi connectivity index (χ4v) is 3.11. The van der Waals surface area contributed by atoms with Crippen molar-refractivity contribution in [2.75, 3.05) is 13.7 Å². The molecule has 0 radical (unpaired) electrons. The molecular weight excluding hydrogens is 289 g/mol. The molecule has 0 amide bonds. The molecule has 0 fully saturated rings. The second-order valence-corrected chi connectivity index (χ2v) is 5.76. The Labute approximate surface area is 128 Å². The van der Waals surface area contributed by atoms with Crippen molar-refractivity contribution >= 4 is 11.6 Å². The van der Waals surface area contributed by atoms with E-state index in [0.717, 1.165) is 28.9 Å². The Bertz CT molecular complexity index is 687. The second kappa shape index (κ2) is 5.66. The van der Waals surface area contributed by atoms with E-state index in [1.165, 1.54) is 0 Å². The molecule has 0 saturated heterocycles. The van der Waals surface area contributed by atoms with Crippen molar-refractivity contribution in [3.8, 4) is 5.75 Å². The average molecular weight is 306 g/mol. The minimum atomic E-state index is -0.281. The van der Waals surface area contributed by atoms with Gasteiger partial charge in [-0.15, -0.1) is 0 Å². The zero-order chi connectivity index (χ0) is 15.0. The van der Waals surface area contributed by atoms with Gasteiger partial charge in [0.2, 0.25) is 0 Å². The van der Waals surface area contributed by atoms with Gasteiger partial charge in [-0.3, -0.25) is 0 Å². The summed E-state index contributed by atoms with van der Waals surface area (Å²) in [6, 6.07) is 8.77. The SMILES string of the molecule is CNC(c1ccc(C)cc1F)c1cc(Cl)cc2c1OCC2. The summed E-state index contributed by atoms with van der Waals surface area (Å²) in [6.07, 6.45) is 0.843. The lowest BCUT2D eigenvalue weighted by Crippen LogP contribution is -2.19. The van der Waals surface area contributed by atoms with Crippen LogP contribution < -0.4 is 10.1 Å². The molecule has 21 heavy (non-hydrogen) atoms. The minimum Gasteiger partial charge on any atom is -0.493 e. The molecular formula is C17H17ClFNO. The highest BCUT2D eigenvalue weighted by molar-refractivity contribution is 6.30. The van der Waals surface area contributed by atoms with Gasteiger partial charge in [0, 0.05) is 22.6 Å². The molecule has 1 atom stereocenters. The number of ether oxygens (including phenoxy) is 1. The molecule has 1 N–H and O–H groups in total. The predicted molar refractivity (Wildman–Crippen MR) is 82.7 cm³/mol. The first-order valence-electron chi connectivity index (χ1n) is 6.98. The molecule has 0 saturated carbocycles. The van der Waals surface area contributed by atoms with Crippen LogP contribution >= 0.6 is 11.6 Å². The molecule has 0 aliphatic carbocycles. The molecule has 0 aromatic heterocycles. The highest BCUT2D eigenvalue weighted by Gasteiger charge is 2.25. The van der Waals surface area contributed by atoms with Crippen molar-refractivity contribution in [3.05, 3.63) is 63.4 Å². The number of halogens is 2. The van der Waals surface area contributed by atoms with E-state index >= 15 is 0 Å². The van der Waals surface area contributed by atoms with Crippen LogP contribution in [0.25, 0.3) is 0 Å². The number of rotatable bonds is 3. The Morgan fingerprint density at radius 3 is 2.76 bits per heavy atom. The second-order valence-electron chi connectivity index (χ2n) is 5.33. The highest BCUT2D eigenvalue weighted by Crippen LogP contribution is 2.39. The van der Waals surface area contributed by atoms with Gasteiger partial charge in [0.15, 0.2) is 0 Å². The standard InChI is InChI=1S/C17H17ClFNO/c1-10-3-4-13(15(19)7-10)16(20-2)14-9-12(18)8-11-5-6-21-17(11)14/h3-4,7-9,16,20H,5-6H2,1-2H3. The lowest BCUT2D eigenvalue weighted by molar-refractivity contribution is 0.350. The van der Waals surface area contributed by atoms with Crippen molar-refractivity contribution < 1.29 is 9.13 Å². The van der Waals surface area contributed by atoms with Crippen molar-refractivity contribution in [2.45, 2.75) is 19.4 Å². The van der Waals surface area contributed by atoms with E-state index < -0.39 is 0 Å². The van der Waals surface area contributed by atoms with Crippen molar-refractivity contribution in [1.29, 1.82) is 0 Å². The molecule has 110 valence electrons. The third-order valence-electron chi connectivity index (χ3n) is 3.84. The quantitative estimate of drug-likeness (QED) is 0.924. The third kappa shape index (κ3) is 2.63. The van der Waals surface area contributed by atoms with Gasteiger partial charge in [0.1, 0.15) is 11.6 Å². The van der Waals surface area contributed by atoms with Crippen LogP contribution in [0.4, 0.5) is 4.39 Å². The predicted octanol–water partition coefficient (Wildman–Crippen LogP) is 4.03. The number of aryl methyl sites for hydroxylation is 1. The lowest BCUT2D eigenvalue weighted by atomic mass is 9.95.